The molecular formula is C17H27NO. The minimum Gasteiger partial charge on any atom is -0.493 e. The zero-order chi connectivity index (χ0) is 13.5. The highest BCUT2D eigenvalue weighted by Crippen LogP contribution is 2.28. The molecule has 0 aromatic heterocycles. The van der Waals surface area contributed by atoms with Gasteiger partial charge in [-0.3, -0.25) is 0 Å². The van der Waals surface area contributed by atoms with Gasteiger partial charge in [-0.15, -0.1) is 0 Å². The van der Waals surface area contributed by atoms with Crippen molar-refractivity contribution in [1.29, 1.82) is 0 Å². The van der Waals surface area contributed by atoms with Gasteiger partial charge in [-0.2, -0.15) is 0 Å². The fourth-order valence-corrected chi connectivity index (χ4v) is 2.72. The summed E-state index contributed by atoms with van der Waals surface area (Å²) in [5, 5.41) is 0. The number of para-hydroxylation sites is 1. The number of benzene rings is 1. The lowest BCUT2D eigenvalue weighted by Gasteiger charge is -2.17. The van der Waals surface area contributed by atoms with Gasteiger partial charge in [-0.25, -0.2) is 0 Å². The Morgan fingerprint density at radius 1 is 1.21 bits per heavy atom. The molecule has 106 valence electrons. The van der Waals surface area contributed by atoms with Gasteiger partial charge in [0.1, 0.15) is 5.75 Å². The highest BCUT2D eigenvalue weighted by Gasteiger charge is 2.11. The molecule has 0 spiro atoms. The smallest absolute Gasteiger partial charge is 0.122 e. The number of hydrogen-bond acceptors (Lipinski definition) is 2. The molecule has 2 nitrogen and oxygen atoms in total. The third kappa shape index (κ3) is 4.24. The summed E-state index contributed by atoms with van der Waals surface area (Å²) in [7, 11) is 0. The normalized spacial score (nSPS) is 17.6. The minimum absolute atomic E-state index is 0.579. The van der Waals surface area contributed by atoms with Crippen LogP contribution in [0.15, 0.2) is 24.3 Å². The van der Waals surface area contributed by atoms with E-state index in [2.05, 4.69) is 43.0 Å². The van der Waals surface area contributed by atoms with Crippen molar-refractivity contribution in [3.63, 3.8) is 0 Å². The van der Waals surface area contributed by atoms with Crippen LogP contribution in [0.2, 0.25) is 0 Å². The molecule has 1 aromatic carbocycles. The number of likely N-dealkylation sites (tertiary alicyclic amines) is 1. The van der Waals surface area contributed by atoms with E-state index >= 15 is 0 Å². The molecule has 1 aromatic rings. The van der Waals surface area contributed by atoms with Crippen molar-refractivity contribution in [3.05, 3.63) is 29.8 Å². The van der Waals surface area contributed by atoms with Crippen LogP contribution in [0, 0.1) is 0 Å². The molecule has 0 aliphatic carbocycles. The fraction of sp³-hybridized carbons (Fsp3) is 0.647. The maximum absolute atomic E-state index is 5.99. The first-order valence-electron chi connectivity index (χ1n) is 7.75. The lowest BCUT2D eigenvalue weighted by molar-refractivity contribution is 0.261. The second-order valence-corrected chi connectivity index (χ2v) is 5.60. The van der Waals surface area contributed by atoms with Gasteiger partial charge in [0, 0.05) is 6.54 Å². The molecule has 19 heavy (non-hydrogen) atoms. The van der Waals surface area contributed by atoms with Crippen LogP contribution in [-0.4, -0.2) is 31.1 Å². The zero-order valence-corrected chi connectivity index (χ0v) is 12.4. The molecule has 0 bridgehead atoms. The number of hydrogen-bond donors (Lipinski definition) is 0. The van der Waals surface area contributed by atoms with Crippen LogP contribution < -0.4 is 4.74 Å². The lowest BCUT2D eigenvalue weighted by atomic mass is 9.98. The van der Waals surface area contributed by atoms with Gasteiger partial charge >= 0.3 is 0 Å². The van der Waals surface area contributed by atoms with E-state index in [-0.39, 0.29) is 0 Å². The Bertz CT molecular complexity index is 371. The van der Waals surface area contributed by atoms with E-state index in [1.54, 1.807) is 0 Å². The standard InChI is InChI=1S/C17H27NO/c1-3-15(2)16-9-4-5-10-17(16)19-14-8-13-18-11-6-7-12-18/h4-5,9-10,15H,3,6-8,11-14H2,1-2H3. The van der Waals surface area contributed by atoms with Gasteiger partial charge in [0.25, 0.3) is 0 Å². The van der Waals surface area contributed by atoms with Crippen molar-refractivity contribution in [2.45, 2.75) is 45.4 Å². The van der Waals surface area contributed by atoms with E-state index in [1.807, 2.05) is 0 Å². The molecule has 1 heterocycles. The van der Waals surface area contributed by atoms with E-state index in [4.69, 9.17) is 4.74 Å². The average Bonchev–Trinajstić information content (AvgIpc) is 2.96. The molecule has 1 aliphatic rings. The Morgan fingerprint density at radius 3 is 2.68 bits per heavy atom. The first-order chi connectivity index (χ1) is 9.31. The largest absolute Gasteiger partial charge is 0.493 e. The molecule has 0 radical (unpaired) electrons. The summed E-state index contributed by atoms with van der Waals surface area (Å²) in [5.74, 6) is 1.66. The number of ether oxygens (including phenoxy) is 1. The minimum atomic E-state index is 0.579. The topological polar surface area (TPSA) is 12.5 Å². The zero-order valence-electron chi connectivity index (χ0n) is 12.4. The van der Waals surface area contributed by atoms with Crippen LogP contribution in [0.3, 0.4) is 0 Å². The summed E-state index contributed by atoms with van der Waals surface area (Å²) in [4.78, 5) is 2.55. The van der Waals surface area contributed by atoms with E-state index in [0.717, 1.165) is 25.2 Å². The Balaban J connectivity index is 1.78. The summed E-state index contributed by atoms with van der Waals surface area (Å²) < 4.78 is 5.99. The molecule has 1 saturated heterocycles. The van der Waals surface area contributed by atoms with Crippen LogP contribution in [0.25, 0.3) is 0 Å². The first-order valence-corrected chi connectivity index (χ1v) is 7.75. The maximum atomic E-state index is 5.99. The van der Waals surface area contributed by atoms with Crippen LogP contribution in [0.5, 0.6) is 5.75 Å². The molecule has 0 saturated carbocycles. The van der Waals surface area contributed by atoms with Crippen molar-refractivity contribution < 1.29 is 4.74 Å². The van der Waals surface area contributed by atoms with Crippen molar-refractivity contribution in [2.24, 2.45) is 0 Å². The average molecular weight is 261 g/mol. The fourth-order valence-electron chi connectivity index (χ4n) is 2.72. The van der Waals surface area contributed by atoms with Crippen LogP contribution in [0.4, 0.5) is 0 Å². The monoisotopic (exact) mass is 261 g/mol. The molecule has 0 N–H and O–H groups in total. The predicted molar refractivity (Wildman–Crippen MR) is 80.9 cm³/mol. The van der Waals surface area contributed by atoms with Gasteiger partial charge in [-0.1, -0.05) is 32.0 Å². The Morgan fingerprint density at radius 2 is 1.95 bits per heavy atom. The summed E-state index contributed by atoms with van der Waals surface area (Å²) in [6.07, 6.45) is 5.04. The van der Waals surface area contributed by atoms with Crippen LogP contribution in [-0.2, 0) is 0 Å². The molecule has 1 aliphatic heterocycles. The van der Waals surface area contributed by atoms with E-state index < -0.39 is 0 Å². The number of nitrogens with zero attached hydrogens (tertiary/aromatic N) is 1. The Hall–Kier alpha value is -1.02. The molecule has 2 heteroatoms. The van der Waals surface area contributed by atoms with E-state index in [0.29, 0.717) is 5.92 Å². The van der Waals surface area contributed by atoms with E-state index in [1.165, 1.54) is 38.0 Å². The summed E-state index contributed by atoms with van der Waals surface area (Å²) in [6.45, 7) is 9.09. The van der Waals surface area contributed by atoms with Crippen molar-refractivity contribution in [3.8, 4) is 5.75 Å². The molecule has 0 amide bonds. The van der Waals surface area contributed by atoms with Gasteiger partial charge in [0.05, 0.1) is 6.61 Å². The van der Waals surface area contributed by atoms with Gasteiger partial charge in [0.2, 0.25) is 0 Å². The van der Waals surface area contributed by atoms with Gasteiger partial charge < -0.3 is 9.64 Å². The Labute approximate surface area is 117 Å². The molecule has 1 fully saturated rings. The maximum Gasteiger partial charge on any atom is 0.122 e. The van der Waals surface area contributed by atoms with Gasteiger partial charge in [0.15, 0.2) is 0 Å². The molecule has 2 rings (SSSR count). The molecular weight excluding hydrogens is 234 g/mol. The quantitative estimate of drug-likeness (QED) is 0.686. The van der Waals surface area contributed by atoms with Crippen molar-refractivity contribution >= 4 is 0 Å². The van der Waals surface area contributed by atoms with Gasteiger partial charge in [-0.05, 0) is 56.3 Å². The highest BCUT2D eigenvalue weighted by atomic mass is 16.5. The second kappa shape index (κ2) is 7.54. The second-order valence-electron chi connectivity index (χ2n) is 5.60. The third-order valence-corrected chi connectivity index (χ3v) is 4.14. The molecule has 1 unspecified atom stereocenters. The van der Waals surface area contributed by atoms with Crippen molar-refractivity contribution in [2.75, 3.05) is 26.2 Å². The summed E-state index contributed by atoms with van der Waals surface area (Å²) >= 11 is 0. The third-order valence-electron chi connectivity index (χ3n) is 4.14. The number of rotatable bonds is 7. The first kappa shape index (κ1) is 14.4. The summed E-state index contributed by atoms with van der Waals surface area (Å²) in [6, 6.07) is 8.49. The van der Waals surface area contributed by atoms with Crippen LogP contribution in [0.1, 0.15) is 51.0 Å². The lowest BCUT2D eigenvalue weighted by Crippen LogP contribution is -2.22. The summed E-state index contributed by atoms with van der Waals surface area (Å²) in [5.41, 5.74) is 1.35. The SMILES string of the molecule is CCC(C)c1ccccc1OCCCN1CCCC1. The van der Waals surface area contributed by atoms with Crippen molar-refractivity contribution in [1.82, 2.24) is 4.90 Å². The predicted octanol–water partition coefficient (Wildman–Crippen LogP) is 4.06. The Kier molecular flexibility index (Phi) is 5.71. The highest BCUT2D eigenvalue weighted by molar-refractivity contribution is 5.35. The van der Waals surface area contributed by atoms with Crippen LogP contribution >= 0.6 is 0 Å². The molecule has 1 atom stereocenters. The van der Waals surface area contributed by atoms with E-state index in [9.17, 15) is 0 Å².